The second-order valence-corrected chi connectivity index (χ2v) is 5.83. The molecule has 22 heavy (non-hydrogen) atoms. The van der Waals surface area contributed by atoms with Crippen molar-refractivity contribution in [1.29, 1.82) is 0 Å². The van der Waals surface area contributed by atoms with Crippen LogP contribution in [0.5, 0.6) is 5.75 Å². The molecule has 0 radical (unpaired) electrons. The lowest BCUT2D eigenvalue weighted by atomic mass is 10.2. The normalized spacial score (nSPS) is 11.2. The lowest BCUT2D eigenvalue weighted by molar-refractivity contribution is -0.385. The summed E-state index contributed by atoms with van der Waals surface area (Å²) >= 11 is 0. The minimum absolute atomic E-state index is 0.181. The van der Waals surface area contributed by atoms with Crippen LogP contribution in [0.2, 0.25) is 0 Å². The predicted molar refractivity (Wildman–Crippen MR) is 72.0 cm³/mol. The number of rotatable bonds is 4. The number of aryl methyl sites for hydroxylation is 1. The zero-order valence-electron chi connectivity index (χ0n) is 11.1. The fourth-order valence-electron chi connectivity index (χ4n) is 1.71. The van der Waals surface area contributed by atoms with E-state index in [1.54, 1.807) is 0 Å². The molecule has 116 valence electrons. The van der Waals surface area contributed by atoms with Gasteiger partial charge in [-0.1, -0.05) is 6.07 Å². The van der Waals surface area contributed by atoms with Crippen molar-refractivity contribution in [2.45, 2.75) is 11.8 Å². The Labute approximate surface area is 124 Å². The summed E-state index contributed by atoms with van der Waals surface area (Å²) in [4.78, 5) is 9.42. The Bertz CT molecular complexity index is 852. The molecule has 9 heteroatoms. The van der Waals surface area contributed by atoms with Gasteiger partial charge in [0.2, 0.25) is 5.75 Å². The summed E-state index contributed by atoms with van der Waals surface area (Å²) in [5.41, 5.74) is -0.542. The maximum absolute atomic E-state index is 13.2. The Morgan fingerprint density at radius 2 is 1.68 bits per heavy atom. The molecular weight excluding hydrogens is 320 g/mol. The molecule has 0 heterocycles. The molecule has 0 aliphatic rings. The number of hydrogen-bond donors (Lipinski definition) is 0. The third-order valence-corrected chi connectivity index (χ3v) is 4.12. The molecule has 0 aliphatic heterocycles. The van der Waals surface area contributed by atoms with Crippen LogP contribution in [-0.2, 0) is 10.1 Å². The maximum Gasteiger partial charge on any atom is 0.339 e. The lowest BCUT2D eigenvalue weighted by Gasteiger charge is -2.09. The van der Waals surface area contributed by atoms with Crippen molar-refractivity contribution in [3.63, 3.8) is 0 Å². The number of nitro groups is 1. The van der Waals surface area contributed by atoms with Crippen LogP contribution in [0.1, 0.15) is 5.56 Å². The Hall–Kier alpha value is -2.55. The SMILES string of the molecule is Cc1ccc(F)cc1S(=O)(=O)Oc1cc(F)ccc1[N+](=O)[O-]. The minimum Gasteiger partial charge on any atom is -0.371 e. The van der Waals surface area contributed by atoms with E-state index in [2.05, 4.69) is 4.18 Å². The highest BCUT2D eigenvalue weighted by molar-refractivity contribution is 7.87. The van der Waals surface area contributed by atoms with Crippen LogP contribution in [0.25, 0.3) is 0 Å². The van der Waals surface area contributed by atoms with Crippen molar-refractivity contribution in [3.8, 4) is 5.75 Å². The van der Waals surface area contributed by atoms with Crippen molar-refractivity contribution in [3.05, 3.63) is 63.7 Å². The average Bonchev–Trinajstić information content (AvgIpc) is 2.40. The third-order valence-electron chi connectivity index (χ3n) is 2.74. The number of hydrogen-bond acceptors (Lipinski definition) is 5. The number of nitrogens with zero attached hydrogens (tertiary/aromatic N) is 1. The van der Waals surface area contributed by atoms with Gasteiger partial charge in [0, 0.05) is 12.1 Å². The predicted octanol–water partition coefficient (Wildman–Crippen LogP) is 2.95. The Balaban J connectivity index is 2.52. The maximum atomic E-state index is 13.2. The molecule has 0 saturated heterocycles. The molecule has 0 unspecified atom stereocenters. The highest BCUT2D eigenvalue weighted by atomic mass is 32.2. The first-order valence-electron chi connectivity index (χ1n) is 5.85. The van der Waals surface area contributed by atoms with E-state index >= 15 is 0 Å². The summed E-state index contributed by atoms with van der Waals surface area (Å²) in [5, 5.41) is 10.8. The van der Waals surface area contributed by atoms with Crippen LogP contribution in [0.3, 0.4) is 0 Å². The van der Waals surface area contributed by atoms with E-state index in [4.69, 9.17) is 0 Å². The Morgan fingerprint density at radius 1 is 1.09 bits per heavy atom. The molecule has 0 aromatic heterocycles. The van der Waals surface area contributed by atoms with Gasteiger partial charge in [-0.05, 0) is 30.7 Å². The van der Waals surface area contributed by atoms with E-state index in [9.17, 15) is 27.3 Å². The van der Waals surface area contributed by atoms with Crippen LogP contribution in [-0.4, -0.2) is 13.3 Å². The van der Waals surface area contributed by atoms with Crippen LogP contribution in [0, 0.1) is 28.7 Å². The van der Waals surface area contributed by atoms with Crippen LogP contribution in [0.4, 0.5) is 14.5 Å². The summed E-state index contributed by atoms with van der Waals surface area (Å²) in [6, 6.07) is 5.13. The summed E-state index contributed by atoms with van der Waals surface area (Å²) in [6.07, 6.45) is 0. The Kier molecular flexibility index (Phi) is 4.09. The first-order chi connectivity index (χ1) is 10.2. The molecule has 2 rings (SSSR count). The second-order valence-electron chi connectivity index (χ2n) is 4.32. The van der Waals surface area contributed by atoms with E-state index < -0.39 is 43.0 Å². The molecule has 2 aromatic rings. The smallest absolute Gasteiger partial charge is 0.339 e. The van der Waals surface area contributed by atoms with Gasteiger partial charge in [0.15, 0.2) is 0 Å². The summed E-state index contributed by atoms with van der Waals surface area (Å²) in [5.74, 6) is -2.51. The number of benzene rings is 2. The summed E-state index contributed by atoms with van der Waals surface area (Å²) in [7, 11) is -4.55. The van der Waals surface area contributed by atoms with E-state index in [1.807, 2.05) is 0 Å². The Morgan fingerprint density at radius 3 is 2.32 bits per heavy atom. The van der Waals surface area contributed by atoms with Crippen molar-refractivity contribution in [2.75, 3.05) is 0 Å². The van der Waals surface area contributed by atoms with E-state index in [1.165, 1.54) is 13.0 Å². The lowest BCUT2D eigenvalue weighted by Crippen LogP contribution is -2.12. The molecule has 0 saturated carbocycles. The molecule has 0 spiro atoms. The molecule has 6 nitrogen and oxygen atoms in total. The van der Waals surface area contributed by atoms with Crippen molar-refractivity contribution in [2.24, 2.45) is 0 Å². The average molecular weight is 329 g/mol. The molecular formula is C13H9F2NO5S. The zero-order chi connectivity index (χ0) is 16.5. The first-order valence-corrected chi connectivity index (χ1v) is 7.26. The monoisotopic (exact) mass is 329 g/mol. The number of nitro benzene ring substituents is 1. The van der Waals surface area contributed by atoms with Gasteiger partial charge in [-0.2, -0.15) is 8.42 Å². The van der Waals surface area contributed by atoms with Gasteiger partial charge in [-0.25, -0.2) is 8.78 Å². The molecule has 0 bridgehead atoms. The fourth-order valence-corrected chi connectivity index (χ4v) is 2.89. The minimum atomic E-state index is -4.55. The highest BCUT2D eigenvalue weighted by Gasteiger charge is 2.25. The standard InChI is InChI=1S/C13H9F2NO5S/c1-8-2-3-10(15)7-13(8)22(19,20)21-12-6-9(14)4-5-11(12)16(17)18/h2-7H,1H3. The van der Waals surface area contributed by atoms with Gasteiger partial charge in [0.25, 0.3) is 0 Å². The topological polar surface area (TPSA) is 86.5 Å². The molecule has 0 fully saturated rings. The number of halogens is 2. The van der Waals surface area contributed by atoms with E-state index in [-0.39, 0.29) is 5.56 Å². The second kappa shape index (κ2) is 5.68. The van der Waals surface area contributed by atoms with Crippen molar-refractivity contribution >= 4 is 15.8 Å². The molecule has 0 aliphatic carbocycles. The van der Waals surface area contributed by atoms with E-state index in [0.29, 0.717) is 6.07 Å². The van der Waals surface area contributed by atoms with Gasteiger partial charge in [0.05, 0.1) is 4.92 Å². The van der Waals surface area contributed by atoms with Gasteiger partial charge in [-0.15, -0.1) is 0 Å². The fraction of sp³-hybridized carbons (Fsp3) is 0.0769. The molecule has 2 aromatic carbocycles. The molecule has 0 N–H and O–H groups in total. The molecule has 0 amide bonds. The van der Waals surface area contributed by atoms with Gasteiger partial charge < -0.3 is 4.18 Å². The third kappa shape index (κ3) is 3.19. The molecule has 0 atom stereocenters. The first kappa shape index (κ1) is 15.8. The van der Waals surface area contributed by atoms with Gasteiger partial charge in [0.1, 0.15) is 16.5 Å². The summed E-state index contributed by atoms with van der Waals surface area (Å²) < 4.78 is 55.2. The van der Waals surface area contributed by atoms with Crippen LogP contribution < -0.4 is 4.18 Å². The summed E-state index contributed by atoms with van der Waals surface area (Å²) in [6.45, 7) is 1.40. The zero-order valence-corrected chi connectivity index (χ0v) is 11.9. The van der Waals surface area contributed by atoms with Crippen molar-refractivity contribution < 1.29 is 26.3 Å². The van der Waals surface area contributed by atoms with Crippen molar-refractivity contribution in [1.82, 2.24) is 0 Å². The highest BCUT2D eigenvalue weighted by Crippen LogP contribution is 2.31. The van der Waals surface area contributed by atoms with Crippen LogP contribution >= 0.6 is 0 Å². The quantitative estimate of drug-likeness (QED) is 0.489. The van der Waals surface area contributed by atoms with Crippen LogP contribution in [0.15, 0.2) is 41.3 Å². The van der Waals surface area contributed by atoms with E-state index in [0.717, 1.165) is 24.3 Å². The van der Waals surface area contributed by atoms with Gasteiger partial charge >= 0.3 is 15.8 Å². The van der Waals surface area contributed by atoms with Gasteiger partial charge in [-0.3, -0.25) is 10.1 Å². The largest absolute Gasteiger partial charge is 0.371 e.